The number of carbonyl (C=O) groups excluding carboxylic acids is 1. The van der Waals surface area contributed by atoms with Gasteiger partial charge in [0.1, 0.15) is 11.4 Å². The van der Waals surface area contributed by atoms with Gasteiger partial charge in [0.05, 0.1) is 24.8 Å². The third-order valence-electron chi connectivity index (χ3n) is 2.99. The first-order valence-electron chi connectivity index (χ1n) is 6.14. The number of pyridine rings is 1. The van der Waals surface area contributed by atoms with Crippen LogP contribution in [0.4, 0.5) is 10.1 Å². The number of hydrogen-bond donors (Lipinski definition) is 0. The topological polar surface area (TPSA) is 91.4 Å². The highest BCUT2D eigenvalue weighted by Crippen LogP contribution is 2.13. The average Bonchev–Trinajstić information content (AvgIpc) is 2.50. The molecule has 1 heterocycles. The van der Waals surface area contributed by atoms with Crippen LogP contribution >= 0.6 is 0 Å². The van der Waals surface area contributed by atoms with Crippen molar-refractivity contribution in [3.05, 3.63) is 73.9 Å². The van der Waals surface area contributed by atoms with Gasteiger partial charge in [0.25, 0.3) is 11.2 Å². The smallest absolute Gasteiger partial charge is 0.343 e. The van der Waals surface area contributed by atoms with Crippen molar-refractivity contribution in [2.45, 2.75) is 6.54 Å². The molecule has 0 saturated carbocycles. The van der Waals surface area contributed by atoms with Crippen LogP contribution in [0, 0.1) is 15.9 Å². The normalized spacial score (nSPS) is 10.3. The Morgan fingerprint density at radius 3 is 2.68 bits per heavy atom. The maximum Gasteiger partial charge on any atom is 0.343 e. The molecule has 0 saturated heterocycles. The molecule has 114 valence electrons. The second-order valence-corrected chi connectivity index (χ2v) is 4.39. The lowest BCUT2D eigenvalue weighted by Crippen LogP contribution is -2.27. The highest BCUT2D eigenvalue weighted by molar-refractivity contribution is 5.89. The molecule has 0 radical (unpaired) electrons. The standard InChI is InChI=1S/C14H11FN2O5/c1-22-14(19)11-6-10(17(20)21)8-16(13(11)18)7-9-4-2-3-5-12(9)15/h2-6,8H,7H2,1H3. The Morgan fingerprint density at radius 1 is 1.41 bits per heavy atom. The second-order valence-electron chi connectivity index (χ2n) is 4.39. The number of carbonyl (C=O) groups is 1. The summed E-state index contributed by atoms with van der Waals surface area (Å²) >= 11 is 0. The lowest BCUT2D eigenvalue weighted by Gasteiger charge is -2.08. The first-order valence-corrected chi connectivity index (χ1v) is 6.14. The molecule has 22 heavy (non-hydrogen) atoms. The van der Waals surface area contributed by atoms with Crippen LogP contribution in [0.5, 0.6) is 0 Å². The zero-order valence-corrected chi connectivity index (χ0v) is 11.5. The Labute approximate surface area is 123 Å². The summed E-state index contributed by atoms with van der Waals surface area (Å²) in [5.74, 6) is -1.54. The predicted molar refractivity (Wildman–Crippen MR) is 74.2 cm³/mol. The minimum Gasteiger partial charge on any atom is -0.465 e. The summed E-state index contributed by atoms with van der Waals surface area (Å²) in [6.45, 7) is -0.239. The molecule has 1 aromatic heterocycles. The van der Waals surface area contributed by atoms with Gasteiger partial charge in [-0.25, -0.2) is 9.18 Å². The molecule has 0 aliphatic rings. The number of aromatic nitrogens is 1. The number of nitro groups is 1. The van der Waals surface area contributed by atoms with E-state index in [-0.39, 0.29) is 12.1 Å². The second kappa shape index (κ2) is 6.17. The lowest BCUT2D eigenvalue weighted by molar-refractivity contribution is -0.385. The Bertz CT molecular complexity index is 800. The van der Waals surface area contributed by atoms with Gasteiger partial charge in [0.2, 0.25) is 0 Å². The van der Waals surface area contributed by atoms with Crippen LogP contribution in [0.3, 0.4) is 0 Å². The van der Waals surface area contributed by atoms with E-state index in [1.165, 1.54) is 18.2 Å². The van der Waals surface area contributed by atoms with Crippen molar-refractivity contribution < 1.29 is 18.8 Å². The number of benzene rings is 1. The van der Waals surface area contributed by atoms with Gasteiger partial charge in [0, 0.05) is 11.6 Å². The highest BCUT2D eigenvalue weighted by Gasteiger charge is 2.20. The van der Waals surface area contributed by atoms with Crippen LogP contribution in [-0.2, 0) is 11.3 Å². The van der Waals surface area contributed by atoms with Crippen LogP contribution in [0.1, 0.15) is 15.9 Å². The Kier molecular flexibility index (Phi) is 4.31. The van der Waals surface area contributed by atoms with Crippen molar-refractivity contribution in [1.82, 2.24) is 4.57 Å². The molecule has 0 unspecified atom stereocenters. The molecule has 0 spiro atoms. The third-order valence-corrected chi connectivity index (χ3v) is 2.99. The molecule has 0 amide bonds. The number of halogens is 1. The van der Waals surface area contributed by atoms with Crippen molar-refractivity contribution in [2.75, 3.05) is 7.11 Å². The molecule has 0 N–H and O–H groups in total. The van der Waals surface area contributed by atoms with E-state index in [0.717, 1.165) is 23.9 Å². The molecular formula is C14H11FN2O5. The summed E-state index contributed by atoms with van der Waals surface area (Å²) < 4.78 is 19.0. The summed E-state index contributed by atoms with van der Waals surface area (Å²) in [7, 11) is 1.06. The van der Waals surface area contributed by atoms with Crippen molar-refractivity contribution in [2.24, 2.45) is 0 Å². The number of nitrogens with zero attached hydrogens (tertiary/aromatic N) is 2. The SMILES string of the molecule is COC(=O)c1cc([N+](=O)[O-])cn(Cc2ccccc2F)c1=O. The van der Waals surface area contributed by atoms with Gasteiger partial charge in [-0.3, -0.25) is 14.9 Å². The van der Waals surface area contributed by atoms with E-state index >= 15 is 0 Å². The van der Waals surface area contributed by atoms with Crippen LogP contribution in [0.25, 0.3) is 0 Å². The highest BCUT2D eigenvalue weighted by atomic mass is 19.1. The van der Waals surface area contributed by atoms with E-state index in [2.05, 4.69) is 4.74 Å². The summed E-state index contributed by atoms with van der Waals surface area (Å²) in [5.41, 5.74) is -1.56. The molecule has 8 heteroatoms. The summed E-state index contributed by atoms with van der Waals surface area (Å²) in [6, 6.07) is 6.54. The molecule has 2 rings (SSSR count). The Morgan fingerprint density at radius 2 is 2.09 bits per heavy atom. The van der Waals surface area contributed by atoms with E-state index in [1.807, 2.05) is 0 Å². The summed E-state index contributed by atoms with van der Waals surface area (Å²) in [5, 5.41) is 10.9. The largest absolute Gasteiger partial charge is 0.465 e. The monoisotopic (exact) mass is 306 g/mol. The summed E-state index contributed by atoms with van der Waals surface area (Å²) in [6.07, 6.45) is 0.960. The fraction of sp³-hybridized carbons (Fsp3) is 0.143. The van der Waals surface area contributed by atoms with Crippen LogP contribution in [0.15, 0.2) is 41.3 Å². The van der Waals surface area contributed by atoms with Crippen molar-refractivity contribution in [1.29, 1.82) is 0 Å². The average molecular weight is 306 g/mol. The fourth-order valence-corrected chi connectivity index (χ4v) is 1.90. The first kappa shape index (κ1) is 15.4. The van der Waals surface area contributed by atoms with E-state index in [1.54, 1.807) is 6.07 Å². The van der Waals surface area contributed by atoms with Gasteiger partial charge in [-0.1, -0.05) is 18.2 Å². The van der Waals surface area contributed by atoms with Crippen LogP contribution < -0.4 is 5.56 Å². The van der Waals surface area contributed by atoms with Gasteiger partial charge >= 0.3 is 5.97 Å². The zero-order chi connectivity index (χ0) is 16.3. The first-order chi connectivity index (χ1) is 10.4. The fourth-order valence-electron chi connectivity index (χ4n) is 1.90. The van der Waals surface area contributed by atoms with Gasteiger partial charge in [-0.2, -0.15) is 0 Å². The molecule has 0 fully saturated rings. The quantitative estimate of drug-likeness (QED) is 0.487. The molecule has 0 aliphatic carbocycles. The minimum atomic E-state index is -0.990. The number of hydrogen-bond acceptors (Lipinski definition) is 5. The molecule has 0 atom stereocenters. The van der Waals surface area contributed by atoms with Gasteiger partial charge < -0.3 is 9.30 Å². The number of methoxy groups -OCH3 is 1. The van der Waals surface area contributed by atoms with E-state index in [9.17, 15) is 24.1 Å². The van der Waals surface area contributed by atoms with Crippen LogP contribution in [-0.4, -0.2) is 22.6 Å². The van der Waals surface area contributed by atoms with E-state index in [0.29, 0.717) is 0 Å². The predicted octanol–water partition coefficient (Wildman–Crippen LogP) is 1.73. The van der Waals surface area contributed by atoms with Gasteiger partial charge in [-0.05, 0) is 6.07 Å². The third kappa shape index (κ3) is 3.00. The van der Waals surface area contributed by atoms with Crippen LogP contribution in [0.2, 0.25) is 0 Å². The molecular weight excluding hydrogens is 295 g/mol. The van der Waals surface area contributed by atoms with Crippen molar-refractivity contribution >= 4 is 11.7 Å². The van der Waals surface area contributed by atoms with Crippen molar-refractivity contribution in [3.8, 4) is 0 Å². The van der Waals surface area contributed by atoms with E-state index < -0.39 is 33.5 Å². The molecule has 0 bridgehead atoms. The number of rotatable bonds is 4. The molecule has 0 aliphatic heterocycles. The summed E-state index contributed by atoms with van der Waals surface area (Å²) in [4.78, 5) is 33.9. The maximum absolute atomic E-state index is 13.7. The minimum absolute atomic E-state index is 0.168. The number of ether oxygens (including phenoxy) is 1. The number of esters is 1. The lowest BCUT2D eigenvalue weighted by atomic mass is 10.2. The van der Waals surface area contributed by atoms with Crippen molar-refractivity contribution in [3.63, 3.8) is 0 Å². The molecule has 1 aromatic carbocycles. The zero-order valence-electron chi connectivity index (χ0n) is 11.5. The molecule has 2 aromatic rings. The Hall–Kier alpha value is -3.03. The molecule has 7 nitrogen and oxygen atoms in total. The van der Waals surface area contributed by atoms with Gasteiger partial charge in [0.15, 0.2) is 0 Å². The Balaban J connectivity index is 2.57. The van der Waals surface area contributed by atoms with E-state index in [4.69, 9.17) is 0 Å². The van der Waals surface area contributed by atoms with Gasteiger partial charge in [-0.15, -0.1) is 0 Å². The maximum atomic E-state index is 13.7.